The Morgan fingerprint density at radius 2 is 1.83 bits per heavy atom. The van der Waals surface area contributed by atoms with Gasteiger partial charge in [-0.2, -0.15) is 0 Å². The monoisotopic (exact) mass is 270 g/mol. The number of nitrogens with one attached hydrogen (secondary N) is 1. The Kier molecular flexibility index (Phi) is 6.06. The summed E-state index contributed by atoms with van der Waals surface area (Å²) in [6, 6.07) is 0.521. The predicted octanol–water partition coefficient (Wildman–Crippen LogP) is 2.74. The van der Waals surface area contributed by atoms with Crippen LogP contribution in [0.2, 0.25) is 0 Å². The molecule has 0 bridgehead atoms. The van der Waals surface area contributed by atoms with Crippen molar-refractivity contribution in [3.05, 3.63) is 0 Å². The van der Waals surface area contributed by atoms with Gasteiger partial charge in [-0.15, -0.1) is 0 Å². The highest BCUT2D eigenvalue weighted by Crippen LogP contribution is 2.19. The molecule has 0 saturated heterocycles. The maximum atomic E-state index is 11.5. The van der Waals surface area contributed by atoms with Gasteiger partial charge in [-0.3, -0.25) is 4.79 Å². The summed E-state index contributed by atoms with van der Waals surface area (Å²) in [4.78, 5) is 14.1. The third-order valence-electron chi connectivity index (χ3n) is 3.77. The van der Waals surface area contributed by atoms with Crippen LogP contribution in [-0.2, 0) is 4.79 Å². The van der Waals surface area contributed by atoms with Crippen LogP contribution in [0, 0.1) is 5.92 Å². The van der Waals surface area contributed by atoms with Crippen molar-refractivity contribution in [2.45, 2.75) is 65.0 Å². The Hall–Kier alpha value is -0.640. The molecule has 18 heavy (non-hydrogen) atoms. The number of carbonyl (C=O) groups excluding carboxylic acids is 1. The molecule has 1 saturated carbocycles. The summed E-state index contributed by atoms with van der Waals surface area (Å²) in [5.41, 5.74) is 0. The van der Waals surface area contributed by atoms with Crippen LogP contribution in [0.25, 0.3) is 0 Å². The molecule has 1 atom stereocenters. The lowest BCUT2D eigenvalue weighted by Gasteiger charge is -2.34. The molecule has 0 aromatic rings. The Morgan fingerprint density at radius 1 is 1.28 bits per heavy atom. The van der Waals surface area contributed by atoms with Crippen LogP contribution in [0.3, 0.4) is 0 Å². The lowest BCUT2D eigenvalue weighted by atomic mass is 9.94. The number of amides is 1. The number of rotatable bonds is 4. The molecule has 0 aromatic heterocycles. The molecule has 4 heteroatoms. The second-order valence-electron chi connectivity index (χ2n) is 5.66. The van der Waals surface area contributed by atoms with Crippen LogP contribution in [0.15, 0.2) is 0 Å². The van der Waals surface area contributed by atoms with E-state index in [1.54, 1.807) is 11.8 Å². The van der Waals surface area contributed by atoms with Gasteiger partial charge in [0.1, 0.15) is 0 Å². The number of hydrogen-bond acceptors (Lipinski definition) is 2. The summed E-state index contributed by atoms with van der Waals surface area (Å²) >= 11 is 5.52. The highest BCUT2D eigenvalue weighted by molar-refractivity contribution is 7.80. The van der Waals surface area contributed by atoms with Gasteiger partial charge in [0.2, 0.25) is 5.91 Å². The first kappa shape index (κ1) is 15.4. The summed E-state index contributed by atoms with van der Waals surface area (Å²) in [5, 5.41) is 3.47. The maximum Gasteiger partial charge on any atom is 0.219 e. The van der Waals surface area contributed by atoms with Crippen LogP contribution in [0.1, 0.15) is 52.9 Å². The fraction of sp³-hybridized carbons (Fsp3) is 0.857. The molecule has 0 heterocycles. The first-order chi connectivity index (χ1) is 8.43. The SMILES string of the molecule is CC(=O)N(C)C(C(=S)NC1CCCCC1)C(C)C. The Labute approximate surface area is 116 Å². The molecule has 0 aromatic carbocycles. The van der Waals surface area contributed by atoms with E-state index in [-0.39, 0.29) is 11.9 Å². The van der Waals surface area contributed by atoms with Gasteiger partial charge < -0.3 is 10.2 Å². The zero-order chi connectivity index (χ0) is 13.7. The van der Waals surface area contributed by atoms with Crippen molar-refractivity contribution >= 4 is 23.1 Å². The minimum absolute atomic E-state index is 0.0134. The molecule has 0 spiro atoms. The number of hydrogen-bond donors (Lipinski definition) is 1. The quantitative estimate of drug-likeness (QED) is 0.797. The standard InChI is InChI=1S/C14H26N2OS/c1-10(2)13(16(4)11(3)17)14(18)15-12-8-6-5-7-9-12/h10,12-13H,5-9H2,1-4H3,(H,15,18). The minimum Gasteiger partial charge on any atom is -0.375 e. The summed E-state index contributed by atoms with van der Waals surface area (Å²) in [6.45, 7) is 5.82. The van der Waals surface area contributed by atoms with E-state index in [1.165, 1.54) is 32.1 Å². The molecule has 1 aliphatic carbocycles. The van der Waals surface area contributed by atoms with Crippen LogP contribution in [0.5, 0.6) is 0 Å². The number of nitrogens with zero attached hydrogens (tertiary/aromatic N) is 1. The van der Waals surface area contributed by atoms with Crippen molar-refractivity contribution in [1.82, 2.24) is 10.2 Å². The molecular formula is C14H26N2OS. The van der Waals surface area contributed by atoms with Gasteiger partial charge >= 0.3 is 0 Å². The molecule has 3 nitrogen and oxygen atoms in total. The first-order valence-corrected chi connectivity index (χ1v) is 7.38. The Morgan fingerprint density at radius 3 is 2.28 bits per heavy atom. The zero-order valence-electron chi connectivity index (χ0n) is 12.0. The molecule has 104 valence electrons. The van der Waals surface area contributed by atoms with Crippen LogP contribution < -0.4 is 5.32 Å². The molecule has 1 rings (SSSR count). The van der Waals surface area contributed by atoms with E-state index >= 15 is 0 Å². The van der Waals surface area contributed by atoms with Gasteiger partial charge in [0, 0.05) is 20.0 Å². The summed E-state index contributed by atoms with van der Waals surface area (Å²) in [6.07, 6.45) is 6.32. The highest BCUT2D eigenvalue weighted by Gasteiger charge is 2.26. The van der Waals surface area contributed by atoms with Gasteiger partial charge in [0.05, 0.1) is 11.0 Å². The smallest absolute Gasteiger partial charge is 0.219 e. The summed E-state index contributed by atoms with van der Waals surface area (Å²) in [5.74, 6) is 0.406. The number of likely N-dealkylation sites (N-methyl/N-ethyl adjacent to an activating group) is 1. The van der Waals surface area contributed by atoms with Gasteiger partial charge in [-0.25, -0.2) is 0 Å². The number of thiocarbonyl (C=S) groups is 1. The van der Waals surface area contributed by atoms with Gasteiger partial charge in [0.15, 0.2) is 0 Å². The normalized spacial score (nSPS) is 18.5. The van der Waals surface area contributed by atoms with Crippen LogP contribution in [0.4, 0.5) is 0 Å². The minimum atomic E-state index is 0.0134. The molecule has 0 aliphatic heterocycles. The van der Waals surface area contributed by atoms with Gasteiger partial charge in [-0.1, -0.05) is 45.3 Å². The predicted molar refractivity (Wildman–Crippen MR) is 79.7 cm³/mol. The topological polar surface area (TPSA) is 32.3 Å². The molecular weight excluding hydrogens is 244 g/mol. The second-order valence-corrected chi connectivity index (χ2v) is 6.10. The van der Waals surface area contributed by atoms with E-state index in [0.29, 0.717) is 12.0 Å². The fourth-order valence-corrected chi connectivity index (χ4v) is 3.25. The third kappa shape index (κ3) is 4.23. The van der Waals surface area contributed by atoms with Gasteiger partial charge in [-0.05, 0) is 18.8 Å². The average Bonchev–Trinajstić information content (AvgIpc) is 2.29. The average molecular weight is 270 g/mol. The van der Waals surface area contributed by atoms with E-state index in [2.05, 4.69) is 19.2 Å². The molecule has 1 N–H and O–H groups in total. The van der Waals surface area contributed by atoms with E-state index in [9.17, 15) is 4.79 Å². The Balaban J connectivity index is 2.61. The Bertz CT molecular complexity index is 298. The lowest BCUT2D eigenvalue weighted by Crippen LogP contribution is -2.51. The van der Waals surface area contributed by atoms with Crippen molar-refractivity contribution < 1.29 is 4.79 Å². The molecule has 1 aliphatic rings. The zero-order valence-corrected chi connectivity index (χ0v) is 12.8. The van der Waals surface area contributed by atoms with Crippen molar-refractivity contribution in [2.75, 3.05) is 7.05 Å². The van der Waals surface area contributed by atoms with Gasteiger partial charge in [0.25, 0.3) is 0 Å². The second kappa shape index (κ2) is 7.07. The molecule has 1 fully saturated rings. The van der Waals surface area contributed by atoms with E-state index in [0.717, 1.165) is 4.99 Å². The van der Waals surface area contributed by atoms with E-state index in [4.69, 9.17) is 12.2 Å². The van der Waals surface area contributed by atoms with Crippen molar-refractivity contribution in [1.29, 1.82) is 0 Å². The van der Waals surface area contributed by atoms with Crippen LogP contribution >= 0.6 is 12.2 Å². The highest BCUT2D eigenvalue weighted by atomic mass is 32.1. The van der Waals surface area contributed by atoms with Crippen molar-refractivity contribution in [3.63, 3.8) is 0 Å². The third-order valence-corrected chi connectivity index (χ3v) is 4.12. The molecule has 1 unspecified atom stereocenters. The maximum absolute atomic E-state index is 11.5. The van der Waals surface area contributed by atoms with Crippen LogP contribution in [-0.4, -0.2) is 34.9 Å². The molecule has 0 radical (unpaired) electrons. The number of carbonyl (C=O) groups is 1. The largest absolute Gasteiger partial charge is 0.375 e. The first-order valence-electron chi connectivity index (χ1n) is 6.97. The van der Waals surface area contributed by atoms with E-state index < -0.39 is 0 Å². The van der Waals surface area contributed by atoms with Crippen molar-refractivity contribution in [2.24, 2.45) is 5.92 Å². The summed E-state index contributed by atoms with van der Waals surface area (Å²) < 4.78 is 0. The summed E-state index contributed by atoms with van der Waals surface area (Å²) in [7, 11) is 1.84. The lowest BCUT2D eigenvalue weighted by molar-refractivity contribution is -0.129. The van der Waals surface area contributed by atoms with E-state index in [1.807, 2.05) is 7.05 Å². The van der Waals surface area contributed by atoms with Crippen molar-refractivity contribution in [3.8, 4) is 0 Å². The fourth-order valence-electron chi connectivity index (χ4n) is 2.66. The molecule has 1 amide bonds.